The van der Waals surface area contributed by atoms with Crippen molar-refractivity contribution < 1.29 is 14.6 Å². The predicted octanol–water partition coefficient (Wildman–Crippen LogP) is 3.31. The lowest BCUT2D eigenvalue weighted by molar-refractivity contribution is 0.0692. The fourth-order valence-corrected chi connectivity index (χ4v) is 2.28. The minimum atomic E-state index is -1.14. The van der Waals surface area contributed by atoms with Crippen LogP contribution in [0.4, 0.5) is 0 Å². The molecule has 0 aliphatic heterocycles. The van der Waals surface area contributed by atoms with Gasteiger partial charge in [0.25, 0.3) is 0 Å². The fourth-order valence-electron chi connectivity index (χ4n) is 1.82. The highest BCUT2D eigenvalue weighted by Crippen LogP contribution is 2.28. The van der Waals surface area contributed by atoms with Crippen molar-refractivity contribution in [3.05, 3.63) is 45.2 Å². The Labute approximate surface area is 125 Å². The van der Waals surface area contributed by atoms with Crippen molar-refractivity contribution in [2.24, 2.45) is 7.05 Å². The second kappa shape index (κ2) is 5.73. The number of nitrogens with zero attached hydrogens (tertiary/aromatic N) is 2. The number of hydrogen-bond acceptors (Lipinski definition) is 3. The number of aryl methyl sites for hydroxylation is 2. The van der Waals surface area contributed by atoms with E-state index >= 15 is 0 Å². The lowest BCUT2D eigenvalue weighted by Crippen LogP contribution is -2.07. The molecule has 0 radical (unpaired) electrons. The van der Waals surface area contributed by atoms with Gasteiger partial charge in [0.2, 0.25) is 0 Å². The monoisotopic (exact) mass is 314 g/mol. The van der Waals surface area contributed by atoms with Crippen LogP contribution in [-0.2, 0) is 13.7 Å². The predicted molar refractivity (Wildman–Crippen MR) is 75.7 cm³/mol. The molecular weight excluding hydrogens is 303 g/mol. The fraction of sp³-hybridized carbons (Fsp3) is 0.231. The van der Waals surface area contributed by atoms with E-state index in [1.54, 1.807) is 30.8 Å². The van der Waals surface area contributed by atoms with Gasteiger partial charge in [-0.2, -0.15) is 5.10 Å². The molecule has 0 bridgehead atoms. The third kappa shape index (κ3) is 2.73. The van der Waals surface area contributed by atoms with Gasteiger partial charge in [0.05, 0.1) is 21.4 Å². The quantitative estimate of drug-likeness (QED) is 0.940. The summed E-state index contributed by atoms with van der Waals surface area (Å²) in [6.45, 7) is 1.89. The van der Waals surface area contributed by atoms with E-state index in [0.717, 1.165) is 0 Å². The number of aromatic carboxylic acids is 1. The Kier molecular flexibility index (Phi) is 4.20. The van der Waals surface area contributed by atoms with E-state index in [4.69, 9.17) is 33.0 Å². The average Bonchev–Trinajstić information content (AvgIpc) is 2.61. The second-order valence-electron chi connectivity index (χ2n) is 4.18. The summed E-state index contributed by atoms with van der Waals surface area (Å²) in [5.41, 5.74) is 1.29. The van der Waals surface area contributed by atoms with Gasteiger partial charge in [-0.3, -0.25) is 4.68 Å². The summed E-state index contributed by atoms with van der Waals surface area (Å²) in [4.78, 5) is 11.2. The summed E-state index contributed by atoms with van der Waals surface area (Å²) in [6.07, 6.45) is 0. The van der Waals surface area contributed by atoms with Gasteiger partial charge in [0.15, 0.2) is 0 Å². The average molecular weight is 315 g/mol. The van der Waals surface area contributed by atoms with E-state index in [0.29, 0.717) is 16.4 Å². The molecule has 0 atom stereocenters. The summed E-state index contributed by atoms with van der Waals surface area (Å²) >= 11 is 12.0. The van der Waals surface area contributed by atoms with Crippen molar-refractivity contribution in [2.75, 3.05) is 0 Å². The Hall–Kier alpha value is -1.72. The van der Waals surface area contributed by atoms with Crippen LogP contribution in [0.2, 0.25) is 10.0 Å². The highest BCUT2D eigenvalue weighted by Gasteiger charge is 2.17. The Morgan fingerprint density at radius 3 is 2.70 bits per heavy atom. The molecule has 106 valence electrons. The molecule has 0 saturated carbocycles. The van der Waals surface area contributed by atoms with Crippen LogP contribution in [0.15, 0.2) is 18.2 Å². The van der Waals surface area contributed by atoms with Crippen LogP contribution in [0.1, 0.15) is 21.7 Å². The normalized spacial score (nSPS) is 10.6. The Bertz CT molecular complexity index is 668. The summed E-state index contributed by atoms with van der Waals surface area (Å²) < 4.78 is 7.13. The number of halogens is 2. The molecule has 1 heterocycles. The molecule has 0 spiro atoms. The summed E-state index contributed by atoms with van der Waals surface area (Å²) in [7, 11) is 1.74. The van der Waals surface area contributed by atoms with Crippen molar-refractivity contribution in [3.8, 4) is 5.75 Å². The van der Waals surface area contributed by atoms with Crippen LogP contribution < -0.4 is 4.74 Å². The van der Waals surface area contributed by atoms with Crippen molar-refractivity contribution in [2.45, 2.75) is 13.5 Å². The maximum Gasteiger partial charge on any atom is 0.341 e. The van der Waals surface area contributed by atoms with Gasteiger partial charge in [0, 0.05) is 7.05 Å². The zero-order valence-electron chi connectivity index (χ0n) is 10.9. The van der Waals surface area contributed by atoms with Gasteiger partial charge >= 0.3 is 5.97 Å². The van der Waals surface area contributed by atoms with Gasteiger partial charge in [-0.1, -0.05) is 29.3 Å². The zero-order valence-corrected chi connectivity index (χ0v) is 12.4. The molecule has 0 aliphatic carbocycles. The number of carboxylic acid groups (broad SMARTS) is 1. The molecule has 5 nitrogen and oxygen atoms in total. The first kappa shape index (κ1) is 14.7. The van der Waals surface area contributed by atoms with Crippen LogP contribution in [0, 0.1) is 6.92 Å². The first-order chi connectivity index (χ1) is 9.41. The minimum absolute atomic E-state index is 0.0656. The van der Waals surface area contributed by atoms with Gasteiger partial charge in [0.1, 0.15) is 17.9 Å². The molecule has 2 rings (SSSR count). The zero-order chi connectivity index (χ0) is 14.9. The first-order valence-electron chi connectivity index (χ1n) is 5.74. The largest absolute Gasteiger partial charge is 0.486 e. The maximum absolute atomic E-state index is 11.2. The van der Waals surface area contributed by atoms with Gasteiger partial charge in [-0.15, -0.1) is 0 Å². The second-order valence-corrected chi connectivity index (χ2v) is 4.96. The Morgan fingerprint density at radius 2 is 2.15 bits per heavy atom. The van der Waals surface area contributed by atoms with Crippen molar-refractivity contribution in [1.29, 1.82) is 0 Å². The molecular formula is C13H12Cl2N2O3. The number of benzene rings is 1. The Balaban J connectivity index is 2.28. The molecule has 2 aromatic rings. The topological polar surface area (TPSA) is 64.4 Å². The molecule has 7 heteroatoms. The van der Waals surface area contributed by atoms with Crippen molar-refractivity contribution in [1.82, 2.24) is 9.78 Å². The number of rotatable bonds is 4. The van der Waals surface area contributed by atoms with Crippen LogP contribution in [0.3, 0.4) is 0 Å². The molecule has 1 aromatic heterocycles. The smallest absolute Gasteiger partial charge is 0.341 e. The minimum Gasteiger partial charge on any atom is -0.486 e. The van der Waals surface area contributed by atoms with E-state index in [9.17, 15) is 4.79 Å². The third-order valence-corrected chi connectivity index (χ3v) is 3.62. The lowest BCUT2D eigenvalue weighted by atomic mass is 10.2. The molecule has 0 amide bonds. The molecule has 1 N–H and O–H groups in total. The number of ether oxygens (including phenoxy) is 1. The van der Waals surface area contributed by atoms with Crippen LogP contribution in [0.5, 0.6) is 5.75 Å². The molecule has 0 aliphatic rings. The highest BCUT2D eigenvalue weighted by molar-refractivity contribution is 6.34. The van der Waals surface area contributed by atoms with E-state index in [-0.39, 0.29) is 22.9 Å². The number of aromatic nitrogens is 2. The molecule has 0 saturated heterocycles. The van der Waals surface area contributed by atoms with Gasteiger partial charge < -0.3 is 9.84 Å². The van der Waals surface area contributed by atoms with E-state index in [2.05, 4.69) is 5.10 Å². The lowest BCUT2D eigenvalue weighted by Gasteiger charge is -2.10. The number of carboxylic acids is 1. The molecule has 0 fully saturated rings. The van der Waals surface area contributed by atoms with E-state index in [1.807, 2.05) is 0 Å². The highest BCUT2D eigenvalue weighted by atomic mass is 35.5. The van der Waals surface area contributed by atoms with Crippen molar-refractivity contribution in [3.63, 3.8) is 0 Å². The molecule has 20 heavy (non-hydrogen) atoms. The van der Waals surface area contributed by atoms with Gasteiger partial charge in [-0.05, 0) is 19.1 Å². The Morgan fingerprint density at radius 1 is 1.45 bits per heavy atom. The number of hydrogen-bond donors (Lipinski definition) is 1. The van der Waals surface area contributed by atoms with Crippen LogP contribution >= 0.6 is 23.2 Å². The third-order valence-electron chi connectivity index (χ3n) is 2.82. The standard InChI is InChI=1S/C13H12Cl2N2O3/c1-7-12(15)9(17(2)16-7)6-20-10-5-3-4-8(14)11(10)13(18)19/h3-5H,6H2,1-2H3,(H,18,19). The van der Waals surface area contributed by atoms with Crippen LogP contribution in [0.25, 0.3) is 0 Å². The maximum atomic E-state index is 11.2. The van der Waals surface area contributed by atoms with E-state index in [1.165, 1.54) is 6.07 Å². The number of carbonyl (C=O) groups is 1. The van der Waals surface area contributed by atoms with Gasteiger partial charge in [-0.25, -0.2) is 4.79 Å². The van der Waals surface area contributed by atoms with Crippen LogP contribution in [-0.4, -0.2) is 20.9 Å². The van der Waals surface area contributed by atoms with E-state index < -0.39 is 5.97 Å². The molecule has 0 unspecified atom stereocenters. The summed E-state index contributed by atoms with van der Waals surface area (Å²) in [5.74, 6) is -0.946. The first-order valence-corrected chi connectivity index (χ1v) is 6.50. The molecule has 1 aromatic carbocycles. The summed E-state index contributed by atoms with van der Waals surface area (Å²) in [5, 5.41) is 13.9. The SMILES string of the molecule is Cc1nn(C)c(COc2cccc(Cl)c2C(=O)O)c1Cl. The summed E-state index contributed by atoms with van der Waals surface area (Å²) in [6, 6.07) is 4.67. The van der Waals surface area contributed by atoms with Crippen molar-refractivity contribution >= 4 is 29.2 Å².